The number of nitrogens with one attached hydrogen (secondary N) is 1. The van der Waals surface area contributed by atoms with E-state index in [1.165, 1.54) is 32.6 Å². The summed E-state index contributed by atoms with van der Waals surface area (Å²) < 4.78 is 13.2. The van der Waals surface area contributed by atoms with Gasteiger partial charge in [-0.25, -0.2) is 0 Å². The standard InChI is InChI=1S/C28H29NO3S/c1-24(2)23-20(30)21-19-18-17(33-21)13-25(3)12-15-14-8-6-7-9-16(14)29-22(15)27(25,5)26(18,4)10-11-28(19,31-23)32-24/h6-9,23,29H,10-13H2,1-5H3/t23?,25?,26?,27-,28?/m0/s1. The van der Waals surface area contributed by atoms with Gasteiger partial charge in [0.25, 0.3) is 0 Å². The summed E-state index contributed by atoms with van der Waals surface area (Å²) in [6.45, 7) is 11.4. The molecule has 5 heteroatoms. The van der Waals surface area contributed by atoms with Crippen LogP contribution >= 0.6 is 11.3 Å². The van der Waals surface area contributed by atoms with E-state index in [4.69, 9.17) is 9.47 Å². The van der Waals surface area contributed by atoms with Gasteiger partial charge in [-0.2, -0.15) is 0 Å². The molecule has 0 saturated carbocycles. The van der Waals surface area contributed by atoms with Crippen LogP contribution in [-0.2, 0) is 38.9 Å². The quantitative estimate of drug-likeness (QED) is 0.455. The van der Waals surface area contributed by atoms with Crippen LogP contribution in [-0.4, -0.2) is 22.5 Å². The Balaban J connectivity index is 1.44. The van der Waals surface area contributed by atoms with Crippen molar-refractivity contribution in [1.82, 2.24) is 4.98 Å². The summed E-state index contributed by atoms with van der Waals surface area (Å²) >= 11 is 1.75. The first-order valence-corrected chi connectivity index (χ1v) is 13.1. The van der Waals surface area contributed by atoms with E-state index in [1.54, 1.807) is 11.3 Å². The van der Waals surface area contributed by atoms with E-state index in [1.807, 2.05) is 13.8 Å². The molecule has 1 saturated heterocycles. The normalized spacial score (nSPS) is 41.2. The monoisotopic (exact) mass is 459 g/mol. The van der Waals surface area contributed by atoms with Gasteiger partial charge >= 0.3 is 0 Å². The number of aromatic nitrogens is 1. The van der Waals surface area contributed by atoms with E-state index < -0.39 is 17.5 Å². The highest BCUT2D eigenvalue weighted by molar-refractivity contribution is 7.14. The van der Waals surface area contributed by atoms with Crippen LogP contribution in [0.5, 0.6) is 0 Å². The van der Waals surface area contributed by atoms with E-state index in [0.717, 1.165) is 36.1 Å². The number of aromatic amines is 1. The lowest BCUT2D eigenvalue weighted by molar-refractivity contribution is -0.211. The molecule has 1 fully saturated rings. The zero-order chi connectivity index (χ0) is 22.8. The fraction of sp³-hybridized carbons (Fsp3) is 0.536. The average Bonchev–Trinajstić information content (AvgIpc) is 3.44. The number of fused-ring (bicyclic) bond motifs is 7. The second-order valence-corrected chi connectivity index (χ2v) is 13.4. The molecule has 5 aliphatic rings. The Bertz CT molecular complexity index is 1450. The van der Waals surface area contributed by atoms with Gasteiger partial charge in [-0.05, 0) is 55.7 Å². The molecule has 5 atom stereocenters. The largest absolute Gasteiger partial charge is 0.358 e. The Morgan fingerprint density at radius 1 is 1.03 bits per heavy atom. The molecule has 3 aromatic rings. The van der Waals surface area contributed by atoms with E-state index >= 15 is 0 Å². The Labute approximate surface area is 197 Å². The fourth-order valence-electron chi connectivity index (χ4n) is 8.65. The fourth-order valence-corrected chi connectivity index (χ4v) is 10.3. The predicted octanol–water partition coefficient (Wildman–Crippen LogP) is 5.90. The summed E-state index contributed by atoms with van der Waals surface area (Å²) in [5, 5.41) is 1.37. The van der Waals surface area contributed by atoms with Crippen LogP contribution in [0.25, 0.3) is 10.9 Å². The van der Waals surface area contributed by atoms with Crippen LogP contribution in [0.3, 0.4) is 0 Å². The molecule has 4 unspecified atom stereocenters. The van der Waals surface area contributed by atoms with Crippen LogP contribution in [0.1, 0.15) is 84.4 Å². The molecule has 2 aromatic heterocycles. The van der Waals surface area contributed by atoms with E-state index in [9.17, 15) is 4.79 Å². The van der Waals surface area contributed by atoms with Gasteiger partial charge in [-0.15, -0.1) is 11.3 Å². The molecule has 4 nitrogen and oxygen atoms in total. The van der Waals surface area contributed by atoms with Crippen molar-refractivity contribution < 1.29 is 14.3 Å². The van der Waals surface area contributed by atoms with Crippen molar-refractivity contribution >= 4 is 28.0 Å². The molecule has 0 radical (unpaired) electrons. The molecule has 2 aliphatic heterocycles. The molecular formula is C28H29NO3S. The molecule has 3 aliphatic carbocycles. The maximum atomic E-state index is 13.6. The van der Waals surface area contributed by atoms with Crippen molar-refractivity contribution in [2.45, 2.75) is 88.6 Å². The van der Waals surface area contributed by atoms with Gasteiger partial charge in [0.15, 0.2) is 11.9 Å². The summed E-state index contributed by atoms with van der Waals surface area (Å²) in [4.78, 5) is 19.8. The minimum atomic E-state index is -0.757. The van der Waals surface area contributed by atoms with E-state index in [-0.39, 0.29) is 22.0 Å². The third-order valence-corrected chi connectivity index (χ3v) is 11.6. The summed E-state index contributed by atoms with van der Waals surface area (Å²) in [7, 11) is 0. The summed E-state index contributed by atoms with van der Waals surface area (Å²) in [5.41, 5.74) is 5.93. The van der Waals surface area contributed by atoms with Gasteiger partial charge < -0.3 is 14.5 Å². The zero-order valence-electron chi connectivity index (χ0n) is 19.8. The lowest BCUT2D eigenvalue weighted by atomic mass is 9.44. The highest BCUT2D eigenvalue weighted by atomic mass is 32.1. The van der Waals surface area contributed by atoms with Gasteiger partial charge in [0, 0.05) is 44.3 Å². The Kier molecular flexibility index (Phi) is 3.03. The minimum absolute atomic E-state index is 0.0637. The van der Waals surface area contributed by atoms with Gasteiger partial charge in [-0.1, -0.05) is 39.0 Å². The second-order valence-electron chi connectivity index (χ2n) is 12.3. The number of Topliss-reactive ketones (excluding diaryl/α,β-unsaturated/α-hetero) is 1. The molecule has 2 bridgehead atoms. The van der Waals surface area contributed by atoms with Crippen molar-refractivity contribution in [1.29, 1.82) is 0 Å². The number of hydrogen-bond donors (Lipinski definition) is 1. The van der Waals surface area contributed by atoms with Gasteiger partial charge in [-0.3, -0.25) is 4.79 Å². The molecule has 170 valence electrons. The highest BCUT2D eigenvalue weighted by Crippen LogP contribution is 2.72. The number of hydrogen-bond acceptors (Lipinski definition) is 4. The SMILES string of the molecule is CC1(C)OC23CCC4(C)c5c(sc(c52)C(=O)C1O3)CC1(C)Cc2c([nH]c3ccccc23)[C@@]14C. The van der Waals surface area contributed by atoms with Crippen LogP contribution in [0.15, 0.2) is 24.3 Å². The van der Waals surface area contributed by atoms with Crippen LogP contribution < -0.4 is 0 Å². The highest BCUT2D eigenvalue weighted by Gasteiger charge is 2.72. The number of para-hydroxylation sites is 1. The number of benzene rings is 1. The van der Waals surface area contributed by atoms with Gasteiger partial charge in [0.1, 0.15) is 5.60 Å². The van der Waals surface area contributed by atoms with E-state index in [0.29, 0.717) is 0 Å². The number of ketones is 1. The second kappa shape index (κ2) is 5.17. The van der Waals surface area contributed by atoms with Crippen molar-refractivity contribution in [3.05, 3.63) is 56.4 Å². The molecule has 1 aromatic carbocycles. The molecule has 33 heavy (non-hydrogen) atoms. The molecule has 4 heterocycles. The number of carbonyl (C=O) groups is 1. The molecule has 0 amide bonds. The van der Waals surface area contributed by atoms with Crippen molar-refractivity contribution in [2.24, 2.45) is 5.41 Å². The number of H-pyrrole nitrogens is 1. The molecule has 8 rings (SSSR count). The van der Waals surface area contributed by atoms with Crippen LogP contribution in [0, 0.1) is 5.41 Å². The lowest BCUT2D eigenvalue weighted by Crippen LogP contribution is -2.60. The summed E-state index contributed by atoms with van der Waals surface area (Å²) in [6, 6.07) is 8.75. The number of thiophene rings is 1. The number of ether oxygens (including phenoxy) is 2. The Morgan fingerprint density at radius 2 is 1.82 bits per heavy atom. The van der Waals surface area contributed by atoms with Gasteiger partial charge in [0.2, 0.25) is 5.78 Å². The Morgan fingerprint density at radius 3 is 2.64 bits per heavy atom. The number of rotatable bonds is 0. The molecule has 1 spiro atoms. The third-order valence-electron chi connectivity index (χ3n) is 10.4. The van der Waals surface area contributed by atoms with Crippen LogP contribution in [0.4, 0.5) is 0 Å². The predicted molar refractivity (Wildman–Crippen MR) is 128 cm³/mol. The molecular weight excluding hydrogens is 430 g/mol. The summed E-state index contributed by atoms with van der Waals surface area (Å²) in [5.74, 6) is -0.633. The number of carbonyl (C=O) groups excluding carboxylic acids is 1. The lowest BCUT2D eigenvalue weighted by Gasteiger charge is -2.60. The topological polar surface area (TPSA) is 51.3 Å². The summed E-state index contributed by atoms with van der Waals surface area (Å²) in [6.07, 6.45) is 3.36. The first-order valence-electron chi connectivity index (χ1n) is 12.2. The van der Waals surface area contributed by atoms with Crippen molar-refractivity contribution in [3.63, 3.8) is 0 Å². The zero-order valence-corrected chi connectivity index (χ0v) is 20.7. The van der Waals surface area contributed by atoms with Gasteiger partial charge in [0.05, 0.1) is 4.88 Å². The van der Waals surface area contributed by atoms with Crippen LogP contribution in [0.2, 0.25) is 0 Å². The maximum absolute atomic E-state index is 13.6. The maximum Gasteiger partial charge on any atom is 0.205 e. The molecule has 1 N–H and O–H groups in total. The first kappa shape index (κ1) is 19.4. The minimum Gasteiger partial charge on any atom is -0.358 e. The average molecular weight is 460 g/mol. The first-order chi connectivity index (χ1) is 15.5. The smallest absolute Gasteiger partial charge is 0.205 e. The van der Waals surface area contributed by atoms with Crippen molar-refractivity contribution in [3.8, 4) is 0 Å². The van der Waals surface area contributed by atoms with E-state index in [2.05, 4.69) is 50.0 Å². The van der Waals surface area contributed by atoms with Crippen molar-refractivity contribution in [2.75, 3.05) is 0 Å². The Hall–Kier alpha value is -1.95. The third kappa shape index (κ3) is 1.79.